The van der Waals surface area contributed by atoms with E-state index >= 15 is 0 Å². The number of nitrogens with one attached hydrogen (secondary N) is 1. The van der Waals surface area contributed by atoms with Crippen LogP contribution in [0.3, 0.4) is 0 Å². The maximum absolute atomic E-state index is 10.7. The van der Waals surface area contributed by atoms with E-state index in [1.807, 2.05) is 24.3 Å². The van der Waals surface area contributed by atoms with Crippen LogP contribution in [0.25, 0.3) is 0 Å². The molecule has 102 valence electrons. The molecule has 0 aliphatic carbocycles. The Kier molecular flexibility index (Phi) is 4.31. The first-order chi connectivity index (χ1) is 9.56. The van der Waals surface area contributed by atoms with Crippen molar-refractivity contribution in [2.75, 3.05) is 5.43 Å². The SMILES string of the molecule is O=[N+]([O-])c1ccc(O)c(/C=N\Nc2ccc(Br)cc2)c1. The Labute approximate surface area is 123 Å². The summed E-state index contributed by atoms with van der Waals surface area (Å²) >= 11 is 3.32. The molecule has 0 amide bonds. The van der Waals surface area contributed by atoms with Gasteiger partial charge < -0.3 is 5.11 Å². The fraction of sp³-hybridized carbons (Fsp3) is 0. The number of rotatable bonds is 4. The lowest BCUT2D eigenvalue weighted by atomic mass is 10.2. The van der Waals surface area contributed by atoms with Gasteiger partial charge in [0.25, 0.3) is 5.69 Å². The third-order valence-corrected chi connectivity index (χ3v) is 2.99. The van der Waals surface area contributed by atoms with Crippen LogP contribution in [0.5, 0.6) is 5.75 Å². The lowest BCUT2D eigenvalue weighted by Crippen LogP contribution is -1.93. The van der Waals surface area contributed by atoms with E-state index in [9.17, 15) is 15.2 Å². The first kappa shape index (κ1) is 14.0. The first-order valence-electron chi connectivity index (χ1n) is 5.58. The number of hydrazone groups is 1. The summed E-state index contributed by atoms with van der Waals surface area (Å²) in [6, 6.07) is 11.1. The van der Waals surface area contributed by atoms with Crippen molar-refractivity contribution in [1.82, 2.24) is 0 Å². The van der Waals surface area contributed by atoms with Gasteiger partial charge in [0.2, 0.25) is 0 Å². The van der Waals surface area contributed by atoms with Gasteiger partial charge in [-0.1, -0.05) is 15.9 Å². The van der Waals surface area contributed by atoms with Crippen LogP contribution in [0, 0.1) is 10.1 Å². The van der Waals surface area contributed by atoms with E-state index in [0.717, 1.165) is 10.2 Å². The van der Waals surface area contributed by atoms with E-state index in [0.29, 0.717) is 0 Å². The molecule has 0 saturated heterocycles. The van der Waals surface area contributed by atoms with Crippen LogP contribution < -0.4 is 5.43 Å². The smallest absolute Gasteiger partial charge is 0.270 e. The zero-order valence-corrected chi connectivity index (χ0v) is 11.7. The lowest BCUT2D eigenvalue weighted by Gasteiger charge is -2.01. The van der Waals surface area contributed by atoms with Crippen LogP contribution in [0.4, 0.5) is 11.4 Å². The van der Waals surface area contributed by atoms with Crippen LogP contribution in [0.1, 0.15) is 5.56 Å². The number of halogens is 1. The minimum atomic E-state index is -0.529. The number of nitrogens with zero attached hydrogens (tertiary/aromatic N) is 2. The maximum atomic E-state index is 10.7. The summed E-state index contributed by atoms with van der Waals surface area (Å²) in [5.41, 5.74) is 3.69. The summed E-state index contributed by atoms with van der Waals surface area (Å²) in [6.45, 7) is 0. The second kappa shape index (κ2) is 6.16. The molecule has 0 radical (unpaired) electrons. The average Bonchev–Trinajstić information content (AvgIpc) is 2.43. The highest BCUT2D eigenvalue weighted by molar-refractivity contribution is 9.10. The van der Waals surface area contributed by atoms with Crippen molar-refractivity contribution in [3.63, 3.8) is 0 Å². The molecule has 0 saturated carbocycles. The Hall–Kier alpha value is -2.41. The van der Waals surface area contributed by atoms with Crippen LogP contribution in [-0.4, -0.2) is 16.2 Å². The molecule has 0 fully saturated rings. The van der Waals surface area contributed by atoms with Crippen molar-refractivity contribution in [3.8, 4) is 5.75 Å². The zero-order chi connectivity index (χ0) is 14.5. The molecule has 0 heterocycles. The normalized spacial score (nSPS) is 10.7. The van der Waals surface area contributed by atoms with Crippen molar-refractivity contribution in [3.05, 3.63) is 62.6 Å². The van der Waals surface area contributed by atoms with Gasteiger partial charge in [-0.05, 0) is 30.3 Å². The summed E-state index contributed by atoms with van der Waals surface area (Å²) in [5, 5.41) is 24.2. The topological polar surface area (TPSA) is 87.8 Å². The van der Waals surface area contributed by atoms with Gasteiger partial charge in [-0.15, -0.1) is 0 Å². The number of benzene rings is 2. The Bertz CT molecular complexity index is 656. The Morgan fingerprint density at radius 2 is 1.95 bits per heavy atom. The van der Waals surface area contributed by atoms with Gasteiger partial charge in [0.05, 0.1) is 16.8 Å². The summed E-state index contributed by atoms with van der Waals surface area (Å²) in [6.07, 6.45) is 1.32. The molecule has 0 spiro atoms. The highest BCUT2D eigenvalue weighted by Crippen LogP contribution is 2.21. The first-order valence-corrected chi connectivity index (χ1v) is 6.37. The predicted molar refractivity (Wildman–Crippen MR) is 80.1 cm³/mol. The van der Waals surface area contributed by atoms with Gasteiger partial charge in [-0.2, -0.15) is 5.10 Å². The largest absolute Gasteiger partial charge is 0.507 e. The molecule has 20 heavy (non-hydrogen) atoms. The van der Waals surface area contributed by atoms with Crippen LogP contribution in [0.2, 0.25) is 0 Å². The molecule has 6 nitrogen and oxygen atoms in total. The molecule has 0 aliphatic heterocycles. The fourth-order valence-corrected chi connectivity index (χ4v) is 1.72. The Morgan fingerprint density at radius 3 is 2.60 bits per heavy atom. The Balaban J connectivity index is 2.12. The molecular formula is C13H10BrN3O3. The second-order valence-electron chi connectivity index (χ2n) is 3.88. The predicted octanol–water partition coefficient (Wildman–Crippen LogP) is 3.51. The van der Waals surface area contributed by atoms with Crippen molar-refractivity contribution >= 4 is 33.5 Å². The standard InChI is InChI=1S/C13H10BrN3O3/c14-10-1-3-11(4-2-10)16-15-8-9-7-12(17(19)20)5-6-13(9)18/h1-8,16,18H/b15-8-. The van der Waals surface area contributed by atoms with E-state index in [1.165, 1.54) is 24.4 Å². The van der Waals surface area contributed by atoms with Crippen LogP contribution in [0.15, 0.2) is 52.0 Å². The van der Waals surface area contributed by atoms with Gasteiger partial charge in [0, 0.05) is 22.2 Å². The molecule has 2 rings (SSSR count). The van der Waals surface area contributed by atoms with Gasteiger partial charge in [0.1, 0.15) is 5.75 Å². The lowest BCUT2D eigenvalue weighted by molar-refractivity contribution is -0.384. The number of hydrogen-bond donors (Lipinski definition) is 2. The quantitative estimate of drug-likeness (QED) is 0.508. The summed E-state index contributed by atoms with van der Waals surface area (Å²) in [7, 11) is 0. The molecule has 0 aromatic heterocycles. The number of non-ortho nitro benzene ring substituents is 1. The molecule has 0 aliphatic rings. The summed E-state index contributed by atoms with van der Waals surface area (Å²) in [4.78, 5) is 10.1. The molecular weight excluding hydrogens is 326 g/mol. The van der Waals surface area contributed by atoms with E-state index < -0.39 is 4.92 Å². The summed E-state index contributed by atoms with van der Waals surface area (Å²) in [5.74, 6) is -0.0723. The number of aromatic hydroxyl groups is 1. The number of anilines is 1. The van der Waals surface area contributed by atoms with Crippen LogP contribution >= 0.6 is 15.9 Å². The molecule has 7 heteroatoms. The number of phenols is 1. The number of phenolic OH excluding ortho intramolecular Hbond substituents is 1. The van der Waals surface area contributed by atoms with Crippen molar-refractivity contribution in [2.45, 2.75) is 0 Å². The van der Waals surface area contributed by atoms with E-state index in [1.54, 1.807) is 0 Å². The van der Waals surface area contributed by atoms with Crippen molar-refractivity contribution in [2.24, 2.45) is 5.10 Å². The molecule has 2 aromatic carbocycles. The molecule has 2 aromatic rings. The van der Waals surface area contributed by atoms with Gasteiger partial charge >= 0.3 is 0 Å². The summed E-state index contributed by atoms with van der Waals surface area (Å²) < 4.78 is 0.948. The number of nitro benzene ring substituents is 1. The van der Waals surface area contributed by atoms with Gasteiger partial charge in [-0.3, -0.25) is 15.5 Å². The minimum Gasteiger partial charge on any atom is -0.507 e. The maximum Gasteiger partial charge on any atom is 0.270 e. The Morgan fingerprint density at radius 1 is 1.25 bits per heavy atom. The second-order valence-corrected chi connectivity index (χ2v) is 4.79. The molecule has 0 bridgehead atoms. The van der Waals surface area contributed by atoms with E-state index in [2.05, 4.69) is 26.5 Å². The molecule has 2 N–H and O–H groups in total. The monoisotopic (exact) mass is 335 g/mol. The van der Waals surface area contributed by atoms with Gasteiger partial charge in [-0.25, -0.2) is 0 Å². The average molecular weight is 336 g/mol. The van der Waals surface area contributed by atoms with Crippen molar-refractivity contribution < 1.29 is 10.0 Å². The third-order valence-electron chi connectivity index (χ3n) is 2.46. The molecule has 0 unspecified atom stereocenters. The van der Waals surface area contributed by atoms with Crippen molar-refractivity contribution in [1.29, 1.82) is 0 Å². The van der Waals surface area contributed by atoms with Crippen LogP contribution in [-0.2, 0) is 0 Å². The zero-order valence-electron chi connectivity index (χ0n) is 10.2. The van der Waals surface area contributed by atoms with E-state index in [4.69, 9.17) is 0 Å². The molecule has 0 atom stereocenters. The highest BCUT2D eigenvalue weighted by Gasteiger charge is 2.08. The van der Waals surface area contributed by atoms with E-state index in [-0.39, 0.29) is 17.0 Å². The third kappa shape index (κ3) is 3.55. The van der Waals surface area contributed by atoms with Gasteiger partial charge in [0.15, 0.2) is 0 Å². The number of nitro groups is 1. The highest BCUT2D eigenvalue weighted by atomic mass is 79.9. The number of hydrogen-bond acceptors (Lipinski definition) is 5. The minimum absolute atomic E-state index is 0.0723. The fourth-order valence-electron chi connectivity index (χ4n) is 1.46.